The molecule has 0 bridgehead atoms. The molecule has 2 aromatic rings. The Morgan fingerprint density at radius 2 is 1.61 bits per heavy atom. The lowest BCUT2D eigenvalue weighted by molar-refractivity contribution is 0.0599. The van der Waals surface area contributed by atoms with Crippen molar-refractivity contribution < 1.29 is 14.3 Å². The lowest BCUT2D eigenvalue weighted by Crippen LogP contribution is -2.16. The summed E-state index contributed by atoms with van der Waals surface area (Å²) in [6.45, 7) is 9.43. The first-order valence-corrected chi connectivity index (χ1v) is 7.43. The molecule has 5 nitrogen and oxygen atoms in total. The molecule has 122 valence electrons. The predicted octanol–water partition coefficient (Wildman–Crippen LogP) is 3.60. The number of rotatable bonds is 3. The third-order valence-electron chi connectivity index (χ3n) is 3.97. The van der Waals surface area contributed by atoms with Crippen LogP contribution in [0.4, 0.5) is 5.69 Å². The van der Waals surface area contributed by atoms with Gasteiger partial charge in [0.1, 0.15) is 5.69 Å². The number of nitrogens with one attached hydrogen (secondary N) is 2. The van der Waals surface area contributed by atoms with Gasteiger partial charge < -0.3 is 15.0 Å². The highest BCUT2D eigenvalue weighted by Gasteiger charge is 2.23. The lowest BCUT2D eigenvalue weighted by Gasteiger charge is -2.12. The molecule has 0 unspecified atom stereocenters. The molecule has 1 aromatic heterocycles. The fourth-order valence-corrected chi connectivity index (χ4v) is 2.94. The van der Waals surface area contributed by atoms with Crippen LogP contribution in [0.3, 0.4) is 0 Å². The number of methoxy groups -OCH3 is 1. The zero-order chi connectivity index (χ0) is 17.3. The van der Waals surface area contributed by atoms with Crippen LogP contribution in [0.1, 0.15) is 48.8 Å². The molecule has 0 aliphatic heterocycles. The fraction of sp³-hybridized carbons (Fsp3) is 0.333. The molecular formula is C18H22N2O3. The van der Waals surface area contributed by atoms with Gasteiger partial charge >= 0.3 is 5.97 Å². The van der Waals surface area contributed by atoms with E-state index in [9.17, 15) is 9.59 Å². The minimum absolute atomic E-state index is 0.268. The maximum atomic E-state index is 12.6. The zero-order valence-corrected chi connectivity index (χ0v) is 14.4. The monoisotopic (exact) mass is 314 g/mol. The van der Waals surface area contributed by atoms with Crippen molar-refractivity contribution in [1.82, 2.24) is 4.98 Å². The van der Waals surface area contributed by atoms with E-state index in [-0.39, 0.29) is 5.91 Å². The maximum absolute atomic E-state index is 12.6. The van der Waals surface area contributed by atoms with Crippen molar-refractivity contribution >= 4 is 17.6 Å². The normalized spacial score (nSPS) is 10.5. The van der Waals surface area contributed by atoms with Crippen LogP contribution in [0, 0.1) is 34.6 Å². The van der Waals surface area contributed by atoms with Gasteiger partial charge in [0.25, 0.3) is 5.91 Å². The molecule has 0 saturated carbocycles. The number of amides is 1. The largest absolute Gasteiger partial charge is 0.465 e. The summed E-state index contributed by atoms with van der Waals surface area (Å²) in [4.78, 5) is 27.4. The lowest BCUT2D eigenvalue weighted by atomic mass is 10.0. The third-order valence-corrected chi connectivity index (χ3v) is 3.97. The first-order valence-electron chi connectivity index (χ1n) is 7.43. The molecule has 1 heterocycles. The van der Waals surface area contributed by atoms with Gasteiger partial charge in [-0.05, 0) is 51.3 Å². The Labute approximate surface area is 136 Å². The molecule has 0 saturated heterocycles. The molecular weight excluding hydrogens is 292 g/mol. The molecule has 0 radical (unpaired) electrons. The molecule has 0 spiro atoms. The van der Waals surface area contributed by atoms with Crippen molar-refractivity contribution in [2.45, 2.75) is 34.6 Å². The van der Waals surface area contributed by atoms with Crippen LogP contribution >= 0.6 is 0 Å². The van der Waals surface area contributed by atoms with Crippen LogP contribution in [0.5, 0.6) is 0 Å². The Morgan fingerprint density at radius 3 is 2.13 bits per heavy atom. The van der Waals surface area contributed by atoms with Gasteiger partial charge in [0.2, 0.25) is 0 Å². The van der Waals surface area contributed by atoms with E-state index in [0.29, 0.717) is 22.5 Å². The number of hydrogen-bond donors (Lipinski definition) is 2. The van der Waals surface area contributed by atoms with Gasteiger partial charge in [-0.1, -0.05) is 17.7 Å². The summed E-state index contributed by atoms with van der Waals surface area (Å²) in [6.07, 6.45) is 0. The smallest absolute Gasteiger partial charge is 0.339 e. The van der Waals surface area contributed by atoms with E-state index < -0.39 is 5.97 Å². The highest BCUT2D eigenvalue weighted by molar-refractivity contribution is 6.07. The number of esters is 1. The van der Waals surface area contributed by atoms with Crippen LogP contribution in [-0.2, 0) is 4.74 Å². The Hall–Kier alpha value is -2.56. The van der Waals surface area contributed by atoms with Crippen molar-refractivity contribution in [2.75, 3.05) is 12.4 Å². The predicted molar refractivity (Wildman–Crippen MR) is 90.2 cm³/mol. The summed E-state index contributed by atoms with van der Waals surface area (Å²) in [6, 6.07) is 4.05. The summed E-state index contributed by atoms with van der Waals surface area (Å²) in [7, 11) is 1.33. The van der Waals surface area contributed by atoms with Crippen molar-refractivity contribution in [1.29, 1.82) is 0 Å². The van der Waals surface area contributed by atoms with Gasteiger partial charge in [-0.3, -0.25) is 4.79 Å². The van der Waals surface area contributed by atoms with E-state index in [1.807, 2.05) is 32.9 Å². The second kappa shape index (κ2) is 6.28. The second-order valence-corrected chi connectivity index (χ2v) is 5.84. The molecule has 0 atom stereocenters. The number of carbonyl (C=O) groups is 2. The van der Waals surface area contributed by atoms with Crippen molar-refractivity contribution in [3.63, 3.8) is 0 Å². The SMILES string of the molecule is COC(=O)c1c(C)[nH]c(C(=O)Nc2c(C)cc(C)cc2C)c1C. The first-order chi connectivity index (χ1) is 10.8. The topological polar surface area (TPSA) is 71.2 Å². The minimum Gasteiger partial charge on any atom is -0.465 e. The van der Waals surface area contributed by atoms with Crippen LogP contribution < -0.4 is 5.32 Å². The molecule has 1 amide bonds. The van der Waals surface area contributed by atoms with E-state index >= 15 is 0 Å². The minimum atomic E-state index is -0.446. The van der Waals surface area contributed by atoms with Crippen molar-refractivity contribution in [2.24, 2.45) is 0 Å². The first kappa shape index (κ1) is 16.8. The number of anilines is 1. The molecule has 0 aliphatic carbocycles. The summed E-state index contributed by atoms with van der Waals surface area (Å²) in [5, 5.41) is 2.94. The van der Waals surface area contributed by atoms with E-state index in [4.69, 9.17) is 4.74 Å². The number of aromatic nitrogens is 1. The summed E-state index contributed by atoms with van der Waals surface area (Å²) in [5.41, 5.74) is 5.96. The summed E-state index contributed by atoms with van der Waals surface area (Å²) >= 11 is 0. The molecule has 1 aromatic carbocycles. The van der Waals surface area contributed by atoms with Crippen molar-refractivity contribution in [3.8, 4) is 0 Å². The van der Waals surface area contributed by atoms with Crippen LogP contribution in [0.25, 0.3) is 0 Å². The molecule has 2 rings (SSSR count). The third kappa shape index (κ3) is 3.13. The van der Waals surface area contributed by atoms with E-state index in [1.165, 1.54) is 7.11 Å². The van der Waals surface area contributed by atoms with Gasteiger partial charge in [0.15, 0.2) is 0 Å². The summed E-state index contributed by atoms with van der Waals surface area (Å²) in [5.74, 6) is -0.714. The van der Waals surface area contributed by atoms with Crippen LogP contribution in [0.2, 0.25) is 0 Å². The van der Waals surface area contributed by atoms with Crippen LogP contribution in [-0.4, -0.2) is 24.0 Å². The van der Waals surface area contributed by atoms with Gasteiger partial charge in [0, 0.05) is 11.4 Å². The van der Waals surface area contributed by atoms with Gasteiger partial charge in [0.05, 0.1) is 12.7 Å². The number of hydrogen-bond acceptors (Lipinski definition) is 3. The van der Waals surface area contributed by atoms with E-state index in [2.05, 4.69) is 10.3 Å². The summed E-state index contributed by atoms with van der Waals surface area (Å²) < 4.78 is 4.77. The molecule has 5 heteroatoms. The van der Waals surface area contributed by atoms with Crippen LogP contribution in [0.15, 0.2) is 12.1 Å². The molecule has 0 aliphatic rings. The second-order valence-electron chi connectivity index (χ2n) is 5.84. The fourth-order valence-electron chi connectivity index (χ4n) is 2.94. The van der Waals surface area contributed by atoms with Crippen molar-refractivity contribution in [3.05, 3.63) is 51.3 Å². The Balaban J connectivity index is 2.38. The average molecular weight is 314 g/mol. The Bertz CT molecular complexity index is 765. The Morgan fingerprint density at radius 1 is 1.04 bits per heavy atom. The highest BCUT2D eigenvalue weighted by atomic mass is 16.5. The molecule has 23 heavy (non-hydrogen) atoms. The average Bonchev–Trinajstić information content (AvgIpc) is 2.77. The maximum Gasteiger partial charge on any atom is 0.339 e. The highest BCUT2D eigenvalue weighted by Crippen LogP contribution is 2.24. The number of H-pyrrole nitrogens is 1. The zero-order valence-electron chi connectivity index (χ0n) is 14.4. The van der Waals surface area contributed by atoms with Gasteiger partial charge in [-0.2, -0.15) is 0 Å². The van der Waals surface area contributed by atoms with E-state index in [0.717, 1.165) is 22.4 Å². The number of benzene rings is 1. The number of carbonyl (C=O) groups excluding carboxylic acids is 2. The Kier molecular flexibility index (Phi) is 4.59. The standard InChI is InChI=1S/C18H22N2O3/c1-9-7-10(2)15(11(3)8-9)20-17(21)16-12(4)14(13(5)19-16)18(22)23-6/h7-8,19H,1-6H3,(H,20,21). The molecule has 0 fully saturated rings. The number of aryl methyl sites for hydroxylation is 4. The van der Waals surface area contributed by atoms with E-state index in [1.54, 1.807) is 13.8 Å². The number of aromatic amines is 1. The molecule has 2 N–H and O–H groups in total. The number of ether oxygens (including phenoxy) is 1. The van der Waals surface area contributed by atoms with Gasteiger partial charge in [-0.15, -0.1) is 0 Å². The quantitative estimate of drug-likeness (QED) is 0.850. The van der Waals surface area contributed by atoms with Gasteiger partial charge in [-0.25, -0.2) is 4.79 Å².